The van der Waals surface area contributed by atoms with E-state index in [0.717, 1.165) is 11.3 Å². The van der Waals surface area contributed by atoms with Gasteiger partial charge in [0.05, 0.1) is 12.4 Å². The van der Waals surface area contributed by atoms with E-state index >= 15 is 0 Å². The van der Waals surface area contributed by atoms with E-state index in [1.165, 1.54) is 0 Å². The Hall–Kier alpha value is -2.63. The maximum atomic E-state index is 5.64. The van der Waals surface area contributed by atoms with Crippen LogP contribution >= 0.6 is 0 Å². The van der Waals surface area contributed by atoms with Crippen LogP contribution in [0.1, 0.15) is 5.89 Å². The summed E-state index contributed by atoms with van der Waals surface area (Å²) in [5.41, 5.74) is 6.48. The Kier molecular flexibility index (Phi) is 2.53. The lowest BCUT2D eigenvalue weighted by Gasteiger charge is -1.95. The van der Waals surface area contributed by atoms with Gasteiger partial charge in [0.2, 0.25) is 5.89 Å². The lowest BCUT2D eigenvalue weighted by atomic mass is 10.2. The van der Waals surface area contributed by atoms with E-state index in [4.69, 9.17) is 10.2 Å². The van der Waals surface area contributed by atoms with Gasteiger partial charge >= 0.3 is 0 Å². The highest BCUT2D eigenvalue weighted by Gasteiger charge is 2.07. The van der Waals surface area contributed by atoms with Gasteiger partial charge in [-0.2, -0.15) is 0 Å². The van der Waals surface area contributed by atoms with Gasteiger partial charge in [-0.15, -0.1) is 5.10 Å². The molecule has 2 heterocycles. The summed E-state index contributed by atoms with van der Waals surface area (Å²) in [7, 11) is 0. The Bertz CT molecular complexity index is 643. The predicted molar refractivity (Wildman–Crippen MR) is 65.5 cm³/mol. The second-order valence-electron chi connectivity index (χ2n) is 3.83. The molecule has 0 atom stereocenters. The van der Waals surface area contributed by atoms with E-state index in [9.17, 15) is 0 Å². The summed E-state index contributed by atoms with van der Waals surface area (Å²) in [5.74, 6) is 1.68. The molecule has 0 aliphatic heterocycles. The van der Waals surface area contributed by atoms with Gasteiger partial charge in [-0.1, -0.05) is 35.5 Å². The van der Waals surface area contributed by atoms with Crippen LogP contribution in [0.25, 0.3) is 11.3 Å². The van der Waals surface area contributed by atoms with Crippen LogP contribution in [0.15, 0.2) is 47.1 Å². The van der Waals surface area contributed by atoms with Crippen molar-refractivity contribution in [1.82, 2.24) is 20.0 Å². The first-order valence-electron chi connectivity index (χ1n) is 5.47. The molecular weight excluding hydrogens is 230 g/mol. The second-order valence-corrected chi connectivity index (χ2v) is 3.83. The number of anilines is 1. The van der Waals surface area contributed by atoms with Crippen molar-refractivity contribution in [1.29, 1.82) is 0 Å². The van der Waals surface area contributed by atoms with Crippen molar-refractivity contribution in [3.63, 3.8) is 0 Å². The molecule has 0 aliphatic rings. The highest BCUT2D eigenvalue weighted by Crippen LogP contribution is 2.19. The molecule has 18 heavy (non-hydrogen) atoms. The number of benzene rings is 1. The number of hydrogen-bond acceptors (Lipinski definition) is 5. The summed E-state index contributed by atoms with van der Waals surface area (Å²) in [6, 6.07) is 9.81. The largest absolute Gasteiger partial charge is 0.439 e. The molecular formula is C12H11N5O. The van der Waals surface area contributed by atoms with Gasteiger partial charge in [-0.3, -0.25) is 0 Å². The van der Waals surface area contributed by atoms with Crippen LogP contribution in [0.5, 0.6) is 0 Å². The van der Waals surface area contributed by atoms with E-state index in [-0.39, 0.29) is 0 Å². The van der Waals surface area contributed by atoms with Crippen LogP contribution in [0.2, 0.25) is 0 Å². The van der Waals surface area contributed by atoms with Gasteiger partial charge in [0.25, 0.3) is 0 Å². The standard InChI is InChI=1S/C12H11N5O/c13-11-7-17(16-15-11)8-12-14-6-10(18-12)9-4-2-1-3-5-9/h1-7H,8,13H2. The first kappa shape index (κ1) is 10.5. The minimum Gasteiger partial charge on any atom is -0.439 e. The number of hydrogen-bond donors (Lipinski definition) is 1. The molecule has 0 bridgehead atoms. The fourth-order valence-corrected chi connectivity index (χ4v) is 1.65. The maximum absolute atomic E-state index is 5.64. The van der Waals surface area contributed by atoms with E-state index in [1.807, 2.05) is 30.3 Å². The summed E-state index contributed by atoms with van der Waals surface area (Å²) < 4.78 is 7.22. The molecule has 0 spiro atoms. The van der Waals surface area contributed by atoms with E-state index < -0.39 is 0 Å². The first-order chi connectivity index (χ1) is 8.81. The van der Waals surface area contributed by atoms with E-state index in [2.05, 4.69) is 15.3 Å². The van der Waals surface area contributed by atoms with Crippen LogP contribution in [0.3, 0.4) is 0 Å². The fourth-order valence-electron chi connectivity index (χ4n) is 1.65. The minimum atomic E-state index is 0.379. The van der Waals surface area contributed by atoms with Crippen molar-refractivity contribution in [2.45, 2.75) is 6.54 Å². The Morgan fingerprint density at radius 3 is 2.78 bits per heavy atom. The molecule has 0 fully saturated rings. The molecule has 2 N–H and O–H groups in total. The van der Waals surface area contributed by atoms with Crippen LogP contribution in [0, 0.1) is 0 Å². The molecule has 3 aromatic rings. The van der Waals surface area contributed by atoms with Gasteiger partial charge < -0.3 is 10.2 Å². The molecule has 2 aromatic heterocycles. The zero-order chi connectivity index (χ0) is 12.4. The van der Waals surface area contributed by atoms with Crippen molar-refractivity contribution in [2.24, 2.45) is 0 Å². The highest BCUT2D eigenvalue weighted by molar-refractivity contribution is 5.55. The number of aromatic nitrogens is 4. The SMILES string of the molecule is Nc1cn(Cc2ncc(-c3ccccc3)o2)nn1. The zero-order valence-corrected chi connectivity index (χ0v) is 9.52. The predicted octanol–water partition coefficient (Wildman–Crippen LogP) is 1.56. The van der Waals surface area contributed by atoms with Crippen LogP contribution in [-0.2, 0) is 6.54 Å². The van der Waals surface area contributed by atoms with Gasteiger partial charge in [0.1, 0.15) is 6.54 Å². The third-order valence-electron chi connectivity index (χ3n) is 2.47. The Morgan fingerprint density at radius 1 is 1.22 bits per heavy atom. The van der Waals surface area contributed by atoms with Crippen molar-refractivity contribution < 1.29 is 4.42 Å². The van der Waals surface area contributed by atoms with Gasteiger partial charge in [-0.05, 0) is 0 Å². The molecule has 0 aliphatic carbocycles. The Morgan fingerprint density at radius 2 is 2.06 bits per heavy atom. The van der Waals surface area contributed by atoms with Gasteiger partial charge in [-0.25, -0.2) is 9.67 Å². The molecule has 3 rings (SSSR count). The lowest BCUT2D eigenvalue weighted by Crippen LogP contribution is -2.00. The first-order valence-corrected chi connectivity index (χ1v) is 5.47. The van der Waals surface area contributed by atoms with Crippen LogP contribution in [-0.4, -0.2) is 20.0 Å². The Balaban J connectivity index is 1.82. The van der Waals surface area contributed by atoms with E-state index in [0.29, 0.717) is 18.3 Å². The summed E-state index contributed by atoms with van der Waals surface area (Å²) in [6.45, 7) is 0.414. The maximum Gasteiger partial charge on any atom is 0.216 e. The number of nitrogen functional groups attached to an aromatic ring is 1. The van der Waals surface area contributed by atoms with Gasteiger partial charge in [0, 0.05) is 5.56 Å². The minimum absolute atomic E-state index is 0.379. The molecule has 0 radical (unpaired) electrons. The monoisotopic (exact) mass is 241 g/mol. The zero-order valence-electron chi connectivity index (χ0n) is 9.52. The molecule has 0 saturated heterocycles. The summed E-state index contributed by atoms with van der Waals surface area (Å²) in [5, 5.41) is 7.53. The highest BCUT2D eigenvalue weighted by atomic mass is 16.4. The number of rotatable bonds is 3. The number of nitrogens with two attached hydrogens (primary N) is 1. The third kappa shape index (κ3) is 2.08. The molecule has 6 heteroatoms. The second kappa shape index (κ2) is 4.33. The topological polar surface area (TPSA) is 82.8 Å². The molecule has 6 nitrogen and oxygen atoms in total. The molecule has 0 unspecified atom stereocenters. The summed E-state index contributed by atoms with van der Waals surface area (Å²) in [4.78, 5) is 4.20. The fraction of sp³-hybridized carbons (Fsp3) is 0.0833. The molecule has 0 amide bonds. The lowest BCUT2D eigenvalue weighted by molar-refractivity contribution is 0.469. The van der Waals surface area contributed by atoms with Crippen molar-refractivity contribution in [2.75, 3.05) is 5.73 Å². The number of oxazole rings is 1. The quantitative estimate of drug-likeness (QED) is 0.752. The van der Waals surface area contributed by atoms with Gasteiger partial charge in [0.15, 0.2) is 11.6 Å². The average Bonchev–Trinajstić information content (AvgIpc) is 3.01. The third-order valence-corrected chi connectivity index (χ3v) is 2.47. The normalized spacial score (nSPS) is 10.7. The van der Waals surface area contributed by atoms with Crippen molar-refractivity contribution in [3.8, 4) is 11.3 Å². The number of nitrogens with zero attached hydrogens (tertiary/aromatic N) is 4. The molecule has 1 aromatic carbocycles. The van der Waals surface area contributed by atoms with Crippen LogP contribution < -0.4 is 5.73 Å². The average molecular weight is 241 g/mol. The summed E-state index contributed by atoms with van der Waals surface area (Å²) >= 11 is 0. The van der Waals surface area contributed by atoms with Crippen LogP contribution in [0.4, 0.5) is 5.82 Å². The summed E-state index contributed by atoms with van der Waals surface area (Å²) in [6.07, 6.45) is 3.33. The smallest absolute Gasteiger partial charge is 0.216 e. The van der Waals surface area contributed by atoms with Crippen molar-refractivity contribution in [3.05, 3.63) is 48.6 Å². The molecule has 90 valence electrons. The molecule has 0 saturated carbocycles. The van der Waals surface area contributed by atoms with E-state index in [1.54, 1.807) is 17.1 Å². The Labute approximate surface area is 103 Å². The van der Waals surface area contributed by atoms with Crippen molar-refractivity contribution >= 4 is 5.82 Å².